The number of amides is 1. The van der Waals surface area contributed by atoms with Crippen LogP contribution in [0.3, 0.4) is 0 Å². The molecule has 1 aromatic heterocycles. The summed E-state index contributed by atoms with van der Waals surface area (Å²) < 4.78 is 29.1. The third-order valence-electron chi connectivity index (χ3n) is 8.52. The Bertz CT molecular complexity index is 1730. The van der Waals surface area contributed by atoms with Crippen LogP contribution in [0.4, 0.5) is 11.4 Å². The van der Waals surface area contributed by atoms with Crippen LogP contribution in [0.15, 0.2) is 71.8 Å². The van der Waals surface area contributed by atoms with Crippen LogP contribution in [0.5, 0.6) is 0 Å². The molecule has 4 aromatic rings. The highest BCUT2D eigenvalue weighted by atomic mass is 35.5. The van der Waals surface area contributed by atoms with Crippen molar-refractivity contribution < 1.29 is 13.2 Å². The number of fused-ring (bicyclic) bond motifs is 5. The third kappa shape index (κ3) is 2.92. The van der Waals surface area contributed by atoms with Crippen molar-refractivity contribution >= 4 is 49.8 Å². The lowest BCUT2D eigenvalue weighted by Gasteiger charge is -2.39. The van der Waals surface area contributed by atoms with Crippen LogP contribution in [0.1, 0.15) is 29.5 Å². The van der Waals surface area contributed by atoms with Gasteiger partial charge in [0, 0.05) is 47.6 Å². The van der Waals surface area contributed by atoms with E-state index in [1.54, 1.807) is 23.2 Å². The summed E-state index contributed by atoms with van der Waals surface area (Å²) >= 11 is 6.49. The van der Waals surface area contributed by atoms with E-state index in [1.807, 2.05) is 56.4 Å². The van der Waals surface area contributed by atoms with Gasteiger partial charge in [0.25, 0.3) is 10.0 Å². The standard InChI is InChI=1S/C29H26ClN3O3S/c1-18-8-11-21(12-9-18)37(35,36)33-17-19-16-29(22-15-20(30)10-13-23(22)31(2)28(29)34)26-7-4-14-32(26)24-5-3-6-25(33)27(19)24/h3,5-6,8-13,15,17,26H,4,7,14,16H2,1-2H3. The molecule has 7 rings (SSSR count). The highest BCUT2D eigenvalue weighted by Crippen LogP contribution is 2.54. The van der Waals surface area contributed by atoms with E-state index in [-0.39, 0.29) is 16.8 Å². The number of nitrogens with zero attached hydrogens (tertiary/aromatic N) is 3. The number of aromatic nitrogens is 1. The van der Waals surface area contributed by atoms with E-state index >= 15 is 0 Å². The SMILES string of the molecule is Cc1ccc(S(=O)(=O)n2cc3c4c(cccc42)N2CCCC2C2(C3)C(=O)N(C)c3ccc(Cl)cc32)cc1. The predicted octanol–water partition coefficient (Wildman–Crippen LogP) is 5.28. The summed E-state index contributed by atoms with van der Waals surface area (Å²) in [6.45, 7) is 2.75. The predicted molar refractivity (Wildman–Crippen MR) is 146 cm³/mol. The Kier molecular flexibility index (Phi) is 4.71. The Morgan fingerprint density at radius 3 is 2.59 bits per heavy atom. The zero-order chi connectivity index (χ0) is 25.7. The molecule has 3 aliphatic rings. The Hall–Kier alpha value is -3.29. The smallest absolute Gasteiger partial charge is 0.268 e. The highest BCUT2D eigenvalue weighted by molar-refractivity contribution is 7.90. The van der Waals surface area contributed by atoms with E-state index in [9.17, 15) is 13.2 Å². The van der Waals surface area contributed by atoms with Crippen LogP contribution in [-0.4, -0.2) is 37.9 Å². The zero-order valence-corrected chi connectivity index (χ0v) is 22.2. The fourth-order valence-corrected chi connectivity index (χ4v) is 8.43. The Labute approximate surface area is 221 Å². The van der Waals surface area contributed by atoms with E-state index in [0.717, 1.165) is 52.8 Å². The van der Waals surface area contributed by atoms with Gasteiger partial charge in [-0.2, -0.15) is 0 Å². The van der Waals surface area contributed by atoms with Crippen molar-refractivity contribution in [2.45, 2.75) is 42.5 Å². The van der Waals surface area contributed by atoms with E-state index < -0.39 is 15.4 Å². The van der Waals surface area contributed by atoms with Gasteiger partial charge in [-0.25, -0.2) is 12.4 Å². The van der Waals surface area contributed by atoms with E-state index in [2.05, 4.69) is 11.0 Å². The zero-order valence-electron chi connectivity index (χ0n) is 20.6. The summed E-state index contributed by atoms with van der Waals surface area (Å²) in [7, 11) is -2.02. The second-order valence-corrected chi connectivity index (χ2v) is 12.7. The fourth-order valence-electron chi connectivity index (χ4n) is 6.87. The minimum absolute atomic E-state index is 0.0387. The van der Waals surface area contributed by atoms with Gasteiger partial charge in [-0.05, 0) is 79.8 Å². The molecule has 1 amide bonds. The maximum atomic E-state index is 14.2. The topological polar surface area (TPSA) is 62.6 Å². The molecule has 0 saturated carbocycles. The van der Waals surface area contributed by atoms with Crippen molar-refractivity contribution in [3.63, 3.8) is 0 Å². The average Bonchev–Trinajstić information content (AvgIpc) is 3.54. The van der Waals surface area contributed by atoms with Crippen LogP contribution in [0.2, 0.25) is 5.02 Å². The van der Waals surface area contributed by atoms with E-state index in [0.29, 0.717) is 17.0 Å². The normalized spacial score (nSPS) is 22.6. The van der Waals surface area contributed by atoms with Crippen molar-refractivity contribution in [2.24, 2.45) is 0 Å². The molecule has 3 aliphatic heterocycles. The molecule has 2 atom stereocenters. The largest absolute Gasteiger partial charge is 0.367 e. The van der Waals surface area contributed by atoms with Crippen molar-refractivity contribution in [1.82, 2.24) is 3.97 Å². The summed E-state index contributed by atoms with van der Waals surface area (Å²) in [4.78, 5) is 18.5. The fraction of sp³-hybridized carbons (Fsp3) is 0.276. The number of rotatable bonds is 2. The van der Waals surface area contributed by atoms with Gasteiger partial charge in [0.2, 0.25) is 5.91 Å². The monoisotopic (exact) mass is 531 g/mol. The minimum Gasteiger partial charge on any atom is -0.367 e. The molecule has 0 radical (unpaired) electrons. The van der Waals surface area contributed by atoms with Crippen LogP contribution >= 0.6 is 11.6 Å². The summed E-state index contributed by atoms with van der Waals surface area (Å²) in [5.41, 5.74) is 4.45. The van der Waals surface area contributed by atoms with Crippen molar-refractivity contribution in [1.29, 1.82) is 0 Å². The first-order chi connectivity index (χ1) is 17.7. The van der Waals surface area contributed by atoms with Gasteiger partial charge in [0.05, 0.1) is 10.4 Å². The van der Waals surface area contributed by atoms with E-state index in [1.165, 1.54) is 3.97 Å². The Balaban J connectivity index is 1.51. The molecule has 0 bridgehead atoms. The van der Waals surface area contributed by atoms with Crippen molar-refractivity contribution in [3.05, 3.63) is 88.6 Å². The molecule has 6 nitrogen and oxygen atoms in total. The summed E-state index contributed by atoms with van der Waals surface area (Å²) in [5.74, 6) is 0.0387. The van der Waals surface area contributed by atoms with Gasteiger partial charge >= 0.3 is 0 Å². The number of hydrogen-bond acceptors (Lipinski definition) is 4. The van der Waals surface area contributed by atoms with Crippen LogP contribution in [-0.2, 0) is 26.7 Å². The number of likely N-dealkylation sites (N-methyl/N-ethyl adjacent to an activating group) is 1. The van der Waals surface area contributed by atoms with Crippen LogP contribution < -0.4 is 9.80 Å². The summed E-state index contributed by atoms with van der Waals surface area (Å²) in [6.07, 6.45) is 4.00. The molecule has 1 fully saturated rings. The molecule has 0 aliphatic carbocycles. The van der Waals surface area contributed by atoms with Gasteiger partial charge in [-0.3, -0.25) is 4.79 Å². The highest BCUT2D eigenvalue weighted by Gasteiger charge is 2.58. The first kappa shape index (κ1) is 22.9. The number of carbonyl (C=O) groups is 1. The first-order valence-electron chi connectivity index (χ1n) is 12.5. The molecule has 1 spiro atoms. The maximum Gasteiger partial charge on any atom is 0.268 e. The lowest BCUT2D eigenvalue weighted by Crippen LogP contribution is -2.54. The Morgan fingerprint density at radius 2 is 1.81 bits per heavy atom. The number of benzene rings is 3. The van der Waals surface area contributed by atoms with Crippen LogP contribution in [0.25, 0.3) is 10.9 Å². The van der Waals surface area contributed by atoms with Gasteiger partial charge in [-0.15, -0.1) is 0 Å². The lowest BCUT2D eigenvalue weighted by atomic mass is 9.70. The van der Waals surface area contributed by atoms with Crippen LogP contribution in [0, 0.1) is 6.92 Å². The molecule has 3 aromatic carbocycles. The summed E-state index contributed by atoms with van der Waals surface area (Å²) in [5, 5.41) is 1.50. The number of aryl methyl sites for hydroxylation is 1. The molecular formula is C29H26ClN3O3S. The van der Waals surface area contributed by atoms with E-state index in [4.69, 9.17) is 11.6 Å². The molecule has 37 heavy (non-hydrogen) atoms. The second kappa shape index (κ2) is 7.62. The number of anilines is 2. The third-order valence-corrected chi connectivity index (χ3v) is 10.4. The molecule has 4 heterocycles. The average molecular weight is 532 g/mol. The van der Waals surface area contributed by atoms with Gasteiger partial charge in [-0.1, -0.05) is 35.4 Å². The first-order valence-corrected chi connectivity index (χ1v) is 14.4. The molecule has 188 valence electrons. The quantitative estimate of drug-likeness (QED) is 0.353. The van der Waals surface area contributed by atoms with Crippen molar-refractivity contribution in [3.8, 4) is 0 Å². The number of hydrogen-bond donors (Lipinski definition) is 0. The Morgan fingerprint density at radius 1 is 1.03 bits per heavy atom. The summed E-state index contributed by atoms with van der Waals surface area (Å²) in [6, 6.07) is 18.4. The molecule has 2 unspecified atom stereocenters. The molecular weight excluding hydrogens is 506 g/mol. The minimum atomic E-state index is -3.84. The number of halogens is 1. The second-order valence-electron chi connectivity index (χ2n) is 10.5. The molecule has 1 saturated heterocycles. The number of carbonyl (C=O) groups excluding carboxylic acids is 1. The lowest BCUT2D eigenvalue weighted by molar-refractivity contribution is -0.123. The molecule has 8 heteroatoms. The van der Waals surface area contributed by atoms with Crippen molar-refractivity contribution in [2.75, 3.05) is 23.4 Å². The maximum absolute atomic E-state index is 14.2. The van der Waals surface area contributed by atoms with Gasteiger partial charge in [0.1, 0.15) is 5.41 Å². The van der Waals surface area contributed by atoms with Gasteiger partial charge < -0.3 is 9.80 Å². The molecule has 0 N–H and O–H groups in total. The van der Waals surface area contributed by atoms with Gasteiger partial charge in [0.15, 0.2) is 0 Å².